The molecule has 0 amide bonds. The van der Waals surface area contributed by atoms with Crippen molar-refractivity contribution in [1.29, 1.82) is 0 Å². The average Bonchev–Trinajstić information content (AvgIpc) is 3.43. The number of hydrogen-bond donors (Lipinski definition) is 2. The number of carboxylic acids is 2. The van der Waals surface area contributed by atoms with Gasteiger partial charge in [-0.3, -0.25) is 0 Å². The lowest BCUT2D eigenvalue weighted by molar-refractivity contribution is 0.0250. The van der Waals surface area contributed by atoms with E-state index in [1.165, 1.54) is 0 Å². The van der Waals surface area contributed by atoms with Crippen molar-refractivity contribution in [3.63, 3.8) is 0 Å². The average molecular weight is 641 g/mol. The molecule has 0 atom stereocenters. The minimum absolute atomic E-state index is 0.206. The monoisotopic (exact) mass is 640 g/mol. The van der Waals surface area contributed by atoms with Crippen molar-refractivity contribution in [2.45, 2.75) is 18.7 Å². The van der Waals surface area contributed by atoms with Gasteiger partial charge in [0, 0.05) is 52.3 Å². The van der Waals surface area contributed by atoms with Gasteiger partial charge in [0.2, 0.25) is 0 Å². The first kappa shape index (κ1) is 29.1. The number of fused-ring (bicyclic) bond motifs is 3. The third-order valence-electron chi connectivity index (χ3n) is 9.14. The number of hydrogen-bond acceptors (Lipinski definition) is 8. The number of nitrogens with zero attached hydrogens (tertiary/aromatic N) is 2. The second-order valence-electron chi connectivity index (χ2n) is 11.9. The quantitative estimate of drug-likeness (QED) is 0.206. The largest absolute Gasteiger partial charge is 0.478 e. The van der Waals surface area contributed by atoms with E-state index in [9.17, 15) is 24.6 Å². The summed E-state index contributed by atoms with van der Waals surface area (Å²) in [6.07, 6.45) is 0. The smallest absolute Gasteiger partial charge is 0.340 e. The lowest BCUT2D eigenvalue weighted by Crippen LogP contribution is -2.34. The molecule has 3 aliphatic heterocycles. The molecule has 238 valence electrons. The molecular weight excluding hydrogens is 612 g/mol. The highest BCUT2D eigenvalue weighted by atomic mass is 16.6. The first-order valence-electron chi connectivity index (χ1n) is 15.3. The summed E-state index contributed by atoms with van der Waals surface area (Å²) in [4.78, 5) is 40.2. The predicted octanol–water partition coefficient (Wildman–Crippen LogP) is 6.26. The molecule has 10 nitrogen and oxygen atoms in total. The molecule has 0 unspecified atom stereocenters. The number of anilines is 2. The number of cyclic esters (lactones) is 1. The van der Waals surface area contributed by atoms with E-state index in [1.807, 2.05) is 64.4 Å². The van der Waals surface area contributed by atoms with Crippen molar-refractivity contribution in [2.75, 3.05) is 23.3 Å². The first-order valence-corrected chi connectivity index (χ1v) is 15.3. The van der Waals surface area contributed by atoms with Gasteiger partial charge in [-0.2, -0.15) is 0 Å². The van der Waals surface area contributed by atoms with Crippen molar-refractivity contribution >= 4 is 29.3 Å². The number of ether oxygens (including phenoxy) is 3. The van der Waals surface area contributed by atoms with Crippen LogP contribution in [0.3, 0.4) is 0 Å². The van der Waals surface area contributed by atoms with Crippen LogP contribution in [0.5, 0.6) is 11.5 Å². The molecule has 0 radical (unpaired) electrons. The summed E-state index contributed by atoms with van der Waals surface area (Å²) in [6, 6.07) is 32.4. The van der Waals surface area contributed by atoms with E-state index in [2.05, 4.69) is 0 Å². The zero-order valence-electron chi connectivity index (χ0n) is 25.5. The van der Waals surface area contributed by atoms with E-state index in [-0.39, 0.29) is 11.1 Å². The molecule has 5 aromatic rings. The number of benzene rings is 5. The molecule has 48 heavy (non-hydrogen) atoms. The molecule has 0 fully saturated rings. The molecule has 8 rings (SSSR count). The fourth-order valence-electron chi connectivity index (χ4n) is 6.70. The van der Waals surface area contributed by atoms with Crippen LogP contribution in [0.15, 0.2) is 109 Å². The lowest BCUT2D eigenvalue weighted by Gasteiger charge is -2.35. The number of esters is 1. The molecule has 3 aliphatic rings. The van der Waals surface area contributed by atoms with Crippen molar-refractivity contribution in [3.8, 4) is 11.5 Å². The van der Waals surface area contributed by atoms with Gasteiger partial charge in [-0.05, 0) is 78.9 Å². The summed E-state index contributed by atoms with van der Waals surface area (Å²) in [7, 11) is 0. The Kier molecular flexibility index (Phi) is 6.80. The zero-order chi connectivity index (χ0) is 33.0. The lowest BCUT2D eigenvalue weighted by atomic mass is 9.78. The first-order chi connectivity index (χ1) is 23.3. The molecule has 2 N–H and O–H groups in total. The Bertz CT molecular complexity index is 1990. The molecule has 0 saturated heterocycles. The van der Waals surface area contributed by atoms with Crippen LogP contribution in [0.25, 0.3) is 0 Å². The molecule has 0 aromatic heterocycles. The van der Waals surface area contributed by atoms with Gasteiger partial charge in [0.25, 0.3) is 0 Å². The minimum atomic E-state index is -1.26. The summed E-state index contributed by atoms with van der Waals surface area (Å²) in [6.45, 7) is 1.58. The molecule has 3 heterocycles. The zero-order valence-corrected chi connectivity index (χ0v) is 25.5. The molecule has 10 heteroatoms. The van der Waals surface area contributed by atoms with Crippen molar-refractivity contribution < 1.29 is 38.8 Å². The Balaban J connectivity index is 1.18. The number of carboxylic acid groups (broad SMARTS) is 2. The Hall–Kier alpha value is -6.29. The Morgan fingerprint density at radius 2 is 1.10 bits per heavy atom. The van der Waals surface area contributed by atoms with E-state index >= 15 is 0 Å². The van der Waals surface area contributed by atoms with Crippen LogP contribution in [0.4, 0.5) is 11.4 Å². The summed E-state index contributed by atoms with van der Waals surface area (Å²) < 4.78 is 18.6. The Morgan fingerprint density at radius 1 is 0.625 bits per heavy atom. The summed E-state index contributed by atoms with van der Waals surface area (Å²) in [5, 5.41) is 18.6. The van der Waals surface area contributed by atoms with Crippen LogP contribution < -0.4 is 19.3 Å². The van der Waals surface area contributed by atoms with Crippen molar-refractivity contribution in [3.05, 3.63) is 154 Å². The van der Waals surface area contributed by atoms with Crippen LogP contribution in [0, 0.1) is 0 Å². The number of carbonyl (C=O) groups is 3. The molecule has 0 bridgehead atoms. The molecule has 5 aromatic carbocycles. The third-order valence-corrected chi connectivity index (χ3v) is 9.14. The number of rotatable bonds is 6. The standard InChI is InChI=1S/C38H28N2O8/c41-35(42)23-5-11-29(12-6-23)39-19-25-17-27(9-15-33(25)46-21-39)38(32-4-2-1-3-31(32)37(45)48-38)28-10-16-34-26(18-28)20-40(22-47-34)30-13-7-24(8-14-30)36(43)44/h1-18H,19-22H2,(H,41,42)(H,43,44). The maximum atomic E-state index is 13.5. The maximum absolute atomic E-state index is 13.5. The van der Waals surface area contributed by atoms with E-state index in [0.717, 1.165) is 39.2 Å². The van der Waals surface area contributed by atoms with Gasteiger partial charge < -0.3 is 34.2 Å². The van der Waals surface area contributed by atoms with Crippen molar-refractivity contribution in [1.82, 2.24) is 0 Å². The summed E-state index contributed by atoms with van der Waals surface area (Å²) in [5.41, 5.74) is 5.29. The molecular formula is C38H28N2O8. The molecule has 0 saturated carbocycles. The van der Waals surface area contributed by atoms with Gasteiger partial charge in [-0.25, -0.2) is 14.4 Å². The number of carbonyl (C=O) groups excluding carboxylic acids is 1. The summed E-state index contributed by atoms with van der Waals surface area (Å²) >= 11 is 0. The van der Waals surface area contributed by atoms with Crippen LogP contribution >= 0.6 is 0 Å². The fourth-order valence-corrected chi connectivity index (χ4v) is 6.70. The normalized spacial score (nSPS) is 15.7. The van der Waals surface area contributed by atoms with Gasteiger partial charge in [0.05, 0.1) is 16.7 Å². The van der Waals surface area contributed by atoms with E-state index < -0.39 is 23.5 Å². The van der Waals surface area contributed by atoms with Gasteiger partial charge in [-0.15, -0.1) is 0 Å². The predicted molar refractivity (Wildman–Crippen MR) is 175 cm³/mol. The van der Waals surface area contributed by atoms with Gasteiger partial charge in [0.1, 0.15) is 11.5 Å². The van der Waals surface area contributed by atoms with Gasteiger partial charge >= 0.3 is 17.9 Å². The Morgan fingerprint density at radius 3 is 1.58 bits per heavy atom. The van der Waals surface area contributed by atoms with Crippen molar-refractivity contribution in [2.24, 2.45) is 0 Å². The van der Waals surface area contributed by atoms with E-state index in [1.54, 1.807) is 54.6 Å². The van der Waals surface area contributed by atoms with Crippen LogP contribution in [0.2, 0.25) is 0 Å². The van der Waals surface area contributed by atoms with Gasteiger partial charge in [0.15, 0.2) is 19.1 Å². The SMILES string of the molecule is O=C(O)c1ccc(N2COc3ccc(C4(c5ccc6c(c5)CN(c5ccc(C(=O)O)cc5)CO6)OC(=O)c5ccccc54)cc3C2)cc1. The third kappa shape index (κ3) is 4.77. The van der Waals surface area contributed by atoms with Gasteiger partial charge in [-0.1, -0.05) is 30.3 Å². The fraction of sp³-hybridized carbons (Fsp3) is 0.132. The maximum Gasteiger partial charge on any atom is 0.340 e. The van der Waals surface area contributed by atoms with Crippen LogP contribution in [-0.4, -0.2) is 41.6 Å². The highest BCUT2D eigenvalue weighted by Gasteiger charge is 2.49. The second kappa shape index (κ2) is 11.2. The summed E-state index contributed by atoms with van der Waals surface area (Å²) in [5.74, 6) is -0.964. The highest BCUT2D eigenvalue weighted by Crippen LogP contribution is 2.49. The minimum Gasteiger partial charge on any atom is -0.478 e. The van der Waals surface area contributed by atoms with E-state index in [0.29, 0.717) is 43.6 Å². The van der Waals surface area contributed by atoms with E-state index in [4.69, 9.17) is 14.2 Å². The number of aromatic carboxylic acids is 2. The topological polar surface area (TPSA) is 126 Å². The highest BCUT2D eigenvalue weighted by molar-refractivity contribution is 5.96. The second-order valence-corrected chi connectivity index (χ2v) is 11.9. The molecule has 0 spiro atoms. The van der Waals surface area contributed by atoms with Crippen LogP contribution in [-0.2, 0) is 23.4 Å². The van der Waals surface area contributed by atoms with Crippen LogP contribution in [0.1, 0.15) is 58.9 Å². The Labute approximate surface area is 274 Å². The molecule has 0 aliphatic carbocycles.